The smallest absolute Gasteiger partial charge is 0.393 e. The first-order chi connectivity index (χ1) is 12.9. The van der Waals surface area contributed by atoms with Crippen LogP contribution in [0.5, 0.6) is 11.5 Å². The Hall–Kier alpha value is -1.92. The average molecular weight is 385 g/mol. The number of halogens is 3. The largest absolute Gasteiger partial charge is 0.493 e. The lowest BCUT2D eigenvalue weighted by atomic mass is 9.84. The van der Waals surface area contributed by atoms with Crippen LogP contribution in [0.3, 0.4) is 0 Å². The van der Waals surface area contributed by atoms with Gasteiger partial charge in [-0.3, -0.25) is 4.79 Å². The summed E-state index contributed by atoms with van der Waals surface area (Å²) in [5.41, 5.74) is 0.275. The lowest BCUT2D eigenvalue weighted by molar-refractivity contribution is -0.187. The van der Waals surface area contributed by atoms with Crippen LogP contribution >= 0.6 is 0 Å². The third-order valence-corrected chi connectivity index (χ3v) is 5.52. The Morgan fingerprint density at radius 3 is 2.37 bits per heavy atom. The standard InChI is InChI=1S/C20H26F3NO3/c1-26-18-12-13(10-11-17(18)27-14-6-2-3-7-14)19(25)24-16-9-5-4-8-15(16)20(21,22)23/h10-12,14-16H,2-9H2,1H3,(H,24,25). The number of carbonyl (C=O) groups excluding carboxylic acids is 1. The van der Waals surface area contributed by atoms with Crippen LogP contribution < -0.4 is 14.8 Å². The van der Waals surface area contributed by atoms with Gasteiger partial charge < -0.3 is 14.8 Å². The zero-order chi connectivity index (χ0) is 19.4. The summed E-state index contributed by atoms with van der Waals surface area (Å²) < 4.78 is 50.9. The molecule has 2 unspecified atom stereocenters. The molecule has 2 atom stereocenters. The molecular formula is C20H26F3NO3. The Morgan fingerprint density at radius 2 is 1.70 bits per heavy atom. The highest BCUT2D eigenvalue weighted by Gasteiger charge is 2.46. The van der Waals surface area contributed by atoms with Crippen LogP contribution in [-0.4, -0.2) is 31.3 Å². The van der Waals surface area contributed by atoms with Crippen molar-refractivity contribution in [2.45, 2.75) is 69.7 Å². The highest BCUT2D eigenvalue weighted by molar-refractivity contribution is 5.95. The van der Waals surface area contributed by atoms with Crippen molar-refractivity contribution in [3.8, 4) is 11.5 Å². The van der Waals surface area contributed by atoms with E-state index >= 15 is 0 Å². The highest BCUT2D eigenvalue weighted by Crippen LogP contribution is 2.38. The zero-order valence-corrected chi connectivity index (χ0v) is 15.5. The number of hydrogen-bond donors (Lipinski definition) is 1. The van der Waals surface area contributed by atoms with Gasteiger partial charge in [0.15, 0.2) is 11.5 Å². The summed E-state index contributed by atoms with van der Waals surface area (Å²) in [5.74, 6) is -1.01. The summed E-state index contributed by atoms with van der Waals surface area (Å²) in [5, 5.41) is 2.58. The van der Waals surface area contributed by atoms with Gasteiger partial charge in [0.25, 0.3) is 5.91 Å². The molecule has 0 spiro atoms. The number of methoxy groups -OCH3 is 1. The molecular weight excluding hydrogens is 359 g/mol. The second-order valence-electron chi connectivity index (χ2n) is 7.40. The molecule has 1 N–H and O–H groups in total. The molecule has 27 heavy (non-hydrogen) atoms. The maximum absolute atomic E-state index is 13.2. The third-order valence-electron chi connectivity index (χ3n) is 5.52. The maximum Gasteiger partial charge on any atom is 0.393 e. The predicted molar refractivity (Wildman–Crippen MR) is 95.1 cm³/mol. The normalized spacial score (nSPS) is 23.9. The van der Waals surface area contributed by atoms with Crippen LogP contribution in [0.4, 0.5) is 13.2 Å². The molecule has 0 aliphatic heterocycles. The molecule has 0 bridgehead atoms. The molecule has 7 heteroatoms. The van der Waals surface area contributed by atoms with Gasteiger partial charge in [0.2, 0.25) is 0 Å². The maximum atomic E-state index is 13.2. The monoisotopic (exact) mass is 385 g/mol. The fourth-order valence-electron chi connectivity index (χ4n) is 4.04. The van der Waals surface area contributed by atoms with Gasteiger partial charge in [-0.15, -0.1) is 0 Å². The van der Waals surface area contributed by atoms with Gasteiger partial charge in [-0.25, -0.2) is 0 Å². The first kappa shape index (κ1) is 19.8. The molecule has 2 aliphatic carbocycles. The summed E-state index contributed by atoms with van der Waals surface area (Å²) in [6.07, 6.45) is 1.74. The minimum atomic E-state index is -4.30. The van der Waals surface area contributed by atoms with E-state index < -0.39 is 24.0 Å². The van der Waals surface area contributed by atoms with E-state index in [0.29, 0.717) is 30.8 Å². The summed E-state index contributed by atoms with van der Waals surface area (Å²) in [6.45, 7) is 0. The molecule has 1 amide bonds. The minimum Gasteiger partial charge on any atom is -0.493 e. The molecule has 1 aromatic carbocycles. The van der Waals surface area contributed by atoms with Gasteiger partial charge in [-0.1, -0.05) is 12.8 Å². The van der Waals surface area contributed by atoms with Crippen molar-refractivity contribution in [3.63, 3.8) is 0 Å². The third kappa shape index (κ3) is 4.87. The van der Waals surface area contributed by atoms with Crippen LogP contribution in [0.2, 0.25) is 0 Å². The van der Waals surface area contributed by atoms with Gasteiger partial charge in [0.1, 0.15) is 0 Å². The summed E-state index contributed by atoms with van der Waals surface area (Å²) >= 11 is 0. The van der Waals surface area contributed by atoms with Crippen LogP contribution in [-0.2, 0) is 0 Å². The molecule has 1 aromatic rings. The van der Waals surface area contributed by atoms with E-state index in [1.54, 1.807) is 12.1 Å². The van der Waals surface area contributed by atoms with E-state index in [2.05, 4.69) is 5.32 Å². The molecule has 2 saturated carbocycles. The van der Waals surface area contributed by atoms with Gasteiger partial charge in [-0.05, 0) is 56.7 Å². The number of amides is 1. The van der Waals surface area contributed by atoms with Gasteiger partial charge >= 0.3 is 6.18 Å². The Balaban J connectivity index is 1.70. The van der Waals surface area contributed by atoms with E-state index in [-0.39, 0.29) is 18.1 Å². The second kappa shape index (κ2) is 8.40. The van der Waals surface area contributed by atoms with Crippen molar-refractivity contribution in [1.29, 1.82) is 0 Å². The van der Waals surface area contributed by atoms with Gasteiger partial charge in [-0.2, -0.15) is 13.2 Å². The number of nitrogens with one attached hydrogen (secondary N) is 1. The quantitative estimate of drug-likeness (QED) is 0.787. The molecule has 0 aromatic heterocycles. The molecule has 4 nitrogen and oxygen atoms in total. The lowest BCUT2D eigenvalue weighted by Gasteiger charge is -2.33. The number of alkyl halides is 3. The van der Waals surface area contributed by atoms with Crippen molar-refractivity contribution in [2.24, 2.45) is 5.92 Å². The summed E-state index contributed by atoms with van der Waals surface area (Å²) in [6, 6.07) is 3.89. The number of benzene rings is 1. The number of rotatable bonds is 5. The van der Waals surface area contributed by atoms with Crippen LogP contribution in [0.15, 0.2) is 18.2 Å². The highest BCUT2D eigenvalue weighted by atomic mass is 19.4. The number of carbonyl (C=O) groups is 1. The predicted octanol–water partition coefficient (Wildman–Crippen LogP) is 4.87. The molecule has 150 valence electrons. The van der Waals surface area contributed by atoms with Crippen LogP contribution in [0.25, 0.3) is 0 Å². The summed E-state index contributed by atoms with van der Waals surface area (Å²) in [7, 11) is 1.49. The van der Waals surface area contributed by atoms with Crippen LogP contribution in [0, 0.1) is 5.92 Å². The van der Waals surface area contributed by atoms with Crippen molar-refractivity contribution < 1.29 is 27.4 Å². The van der Waals surface area contributed by atoms with E-state index in [9.17, 15) is 18.0 Å². The van der Waals surface area contributed by atoms with Crippen molar-refractivity contribution >= 4 is 5.91 Å². The lowest BCUT2D eigenvalue weighted by Crippen LogP contribution is -2.47. The SMILES string of the molecule is COc1cc(C(=O)NC2CCCCC2C(F)(F)F)ccc1OC1CCCC1. The Labute approximate surface area is 157 Å². The Kier molecular flexibility index (Phi) is 6.17. The molecule has 3 rings (SSSR count). The van der Waals surface area contributed by atoms with Crippen LogP contribution in [0.1, 0.15) is 61.7 Å². The van der Waals surface area contributed by atoms with E-state index in [1.807, 2.05) is 0 Å². The number of ether oxygens (including phenoxy) is 2. The first-order valence-corrected chi connectivity index (χ1v) is 9.60. The van der Waals surface area contributed by atoms with Gasteiger partial charge in [0, 0.05) is 11.6 Å². The molecule has 0 saturated heterocycles. The topological polar surface area (TPSA) is 47.6 Å². The Bertz CT molecular complexity index is 656. The van der Waals surface area contributed by atoms with Crippen molar-refractivity contribution in [2.75, 3.05) is 7.11 Å². The Morgan fingerprint density at radius 1 is 1.04 bits per heavy atom. The van der Waals surface area contributed by atoms with Gasteiger partial charge in [0.05, 0.1) is 19.1 Å². The molecule has 0 heterocycles. The summed E-state index contributed by atoms with van der Waals surface area (Å²) in [4.78, 5) is 12.5. The fraction of sp³-hybridized carbons (Fsp3) is 0.650. The molecule has 0 radical (unpaired) electrons. The molecule has 2 aliphatic rings. The van der Waals surface area contributed by atoms with E-state index in [0.717, 1.165) is 25.7 Å². The minimum absolute atomic E-state index is 0.0614. The zero-order valence-electron chi connectivity index (χ0n) is 15.5. The molecule has 2 fully saturated rings. The van der Waals surface area contributed by atoms with E-state index in [1.165, 1.54) is 13.2 Å². The first-order valence-electron chi connectivity index (χ1n) is 9.60. The van der Waals surface area contributed by atoms with Crippen molar-refractivity contribution in [1.82, 2.24) is 5.32 Å². The average Bonchev–Trinajstić information content (AvgIpc) is 3.14. The van der Waals surface area contributed by atoms with E-state index in [4.69, 9.17) is 9.47 Å². The van der Waals surface area contributed by atoms with Crippen molar-refractivity contribution in [3.05, 3.63) is 23.8 Å². The number of hydrogen-bond acceptors (Lipinski definition) is 3. The second-order valence-corrected chi connectivity index (χ2v) is 7.40. The fourth-order valence-corrected chi connectivity index (χ4v) is 4.04.